The van der Waals surface area contributed by atoms with Gasteiger partial charge in [0.05, 0.1) is 16.3 Å². The van der Waals surface area contributed by atoms with Crippen LogP contribution in [0.4, 0.5) is 11.4 Å². The standard InChI is InChI=1S/C12H21N3O2S/c1-2-3-4-5-8-15-12-9-10(18(14,16)17)6-7-11(12)13/h6-7,9,15H,2-5,8,13H2,1H3,(H2,14,16,17). The van der Waals surface area contributed by atoms with Gasteiger partial charge in [0.2, 0.25) is 10.0 Å². The van der Waals surface area contributed by atoms with Crippen LogP contribution >= 0.6 is 0 Å². The number of hydrogen-bond acceptors (Lipinski definition) is 4. The molecule has 18 heavy (non-hydrogen) atoms. The summed E-state index contributed by atoms with van der Waals surface area (Å²) in [6.45, 7) is 2.93. The fourth-order valence-electron chi connectivity index (χ4n) is 1.64. The SMILES string of the molecule is CCCCCCNc1cc(S(N)(=O)=O)ccc1N. The number of sulfonamides is 1. The van der Waals surface area contributed by atoms with Gasteiger partial charge in [-0.3, -0.25) is 0 Å². The molecule has 0 amide bonds. The first kappa shape index (κ1) is 14.8. The molecule has 5 nitrogen and oxygen atoms in total. The topological polar surface area (TPSA) is 98.2 Å². The summed E-state index contributed by atoms with van der Waals surface area (Å²) in [5.74, 6) is 0. The summed E-state index contributed by atoms with van der Waals surface area (Å²) in [6.07, 6.45) is 4.57. The van der Waals surface area contributed by atoms with Crippen LogP contribution in [0.25, 0.3) is 0 Å². The number of benzene rings is 1. The molecule has 0 aliphatic rings. The highest BCUT2D eigenvalue weighted by Gasteiger charge is 2.09. The minimum absolute atomic E-state index is 0.0766. The average Bonchev–Trinajstić information content (AvgIpc) is 2.29. The summed E-state index contributed by atoms with van der Waals surface area (Å²) >= 11 is 0. The lowest BCUT2D eigenvalue weighted by atomic mass is 10.2. The molecule has 0 radical (unpaired) electrons. The van der Waals surface area contributed by atoms with Crippen molar-refractivity contribution in [2.75, 3.05) is 17.6 Å². The zero-order chi connectivity index (χ0) is 13.6. The van der Waals surface area contributed by atoms with Gasteiger partial charge in [-0.05, 0) is 24.6 Å². The number of anilines is 2. The highest BCUT2D eigenvalue weighted by atomic mass is 32.2. The maximum Gasteiger partial charge on any atom is 0.238 e. The molecular weight excluding hydrogens is 250 g/mol. The van der Waals surface area contributed by atoms with Crippen molar-refractivity contribution in [2.45, 2.75) is 37.5 Å². The summed E-state index contributed by atoms with van der Waals surface area (Å²) in [6, 6.07) is 4.44. The van der Waals surface area contributed by atoms with E-state index in [1.807, 2.05) is 0 Å². The van der Waals surface area contributed by atoms with E-state index < -0.39 is 10.0 Å². The van der Waals surface area contributed by atoms with Crippen molar-refractivity contribution < 1.29 is 8.42 Å². The minimum Gasteiger partial charge on any atom is -0.397 e. The maximum atomic E-state index is 11.2. The lowest BCUT2D eigenvalue weighted by Gasteiger charge is -2.10. The second-order valence-corrected chi connectivity index (χ2v) is 5.84. The van der Waals surface area contributed by atoms with E-state index in [0.29, 0.717) is 11.4 Å². The van der Waals surface area contributed by atoms with Crippen LogP contribution in [0.2, 0.25) is 0 Å². The van der Waals surface area contributed by atoms with Gasteiger partial charge < -0.3 is 11.1 Å². The van der Waals surface area contributed by atoms with E-state index in [2.05, 4.69) is 12.2 Å². The monoisotopic (exact) mass is 271 g/mol. The molecule has 0 atom stereocenters. The molecule has 102 valence electrons. The van der Waals surface area contributed by atoms with Gasteiger partial charge in [-0.2, -0.15) is 0 Å². The van der Waals surface area contributed by atoms with Gasteiger partial charge in [-0.1, -0.05) is 26.2 Å². The van der Waals surface area contributed by atoms with Crippen LogP contribution in [0.5, 0.6) is 0 Å². The van der Waals surface area contributed by atoms with Crippen molar-refractivity contribution in [3.05, 3.63) is 18.2 Å². The third-order valence-corrected chi connectivity index (χ3v) is 3.61. The van der Waals surface area contributed by atoms with Crippen molar-refractivity contribution in [1.82, 2.24) is 0 Å². The van der Waals surface area contributed by atoms with Crippen molar-refractivity contribution >= 4 is 21.4 Å². The molecule has 1 aromatic rings. The quantitative estimate of drug-likeness (QED) is 0.521. The number of rotatable bonds is 7. The molecule has 5 N–H and O–H groups in total. The predicted octanol–water partition coefficient (Wildman–Crippen LogP) is 1.91. The third kappa shape index (κ3) is 4.54. The molecule has 1 rings (SSSR count). The summed E-state index contributed by atoms with van der Waals surface area (Å²) in [7, 11) is -3.68. The summed E-state index contributed by atoms with van der Waals surface area (Å²) in [5.41, 5.74) is 6.92. The second kappa shape index (κ2) is 6.61. The van der Waals surface area contributed by atoms with Crippen molar-refractivity contribution in [3.8, 4) is 0 Å². The van der Waals surface area contributed by atoms with Gasteiger partial charge in [0.1, 0.15) is 0 Å². The molecule has 0 heterocycles. The molecule has 6 heteroatoms. The first-order valence-electron chi connectivity index (χ1n) is 6.11. The van der Waals surface area contributed by atoms with Crippen LogP contribution in [-0.2, 0) is 10.0 Å². The predicted molar refractivity (Wildman–Crippen MR) is 74.9 cm³/mol. The van der Waals surface area contributed by atoms with Crippen LogP contribution in [-0.4, -0.2) is 15.0 Å². The fourth-order valence-corrected chi connectivity index (χ4v) is 2.18. The molecule has 0 aliphatic carbocycles. The van der Waals surface area contributed by atoms with Crippen LogP contribution in [0.3, 0.4) is 0 Å². The van der Waals surface area contributed by atoms with Gasteiger partial charge in [0.15, 0.2) is 0 Å². The van der Waals surface area contributed by atoms with Crippen molar-refractivity contribution in [1.29, 1.82) is 0 Å². The first-order chi connectivity index (χ1) is 8.45. The minimum atomic E-state index is -3.68. The number of nitrogen functional groups attached to an aromatic ring is 1. The van der Waals surface area contributed by atoms with Crippen LogP contribution in [0.1, 0.15) is 32.6 Å². The number of nitrogens with two attached hydrogens (primary N) is 2. The Bertz CT molecular complexity index is 486. The number of hydrogen-bond donors (Lipinski definition) is 3. The number of nitrogens with one attached hydrogen (secondary N) is 1. The molecule has 0 spiro atoms. The van der Waals surface area contributed by atoms with Crippen LogP contribution in [0, 0.1) is 0 Å². The molecule has 0 fully saturated rings. The fraction of sp³-hybridized carbons (Fsp3) is 0.500. The molecule has 1 aromatic carbocycles. The van der Waals surface area contributed by atoms with E-state index in [1.54, 1.807) is 6.07 Å². The molecule has 0 unspecified atom stereocenters. The summed E-state index contributed by atoms with van der Waals surface area (Å²) in [4.78, 5) is 0.0766. The van der Waals surface area contributed by atoms with Gasteiger partial charge >= 0.3 is 0 Å². The Morgan fingerprint density at radius 1 is 1.22 bits per heavy atom. The average molecular weight is 271 g/mol. The number of unbranched alkanes of at least 4 members (excludes halogenated alkanes) is 3. The summed E-state index contributed by atoms with van der Waals surface area (Å²) in [5, 5.41) is 8.21. The molecule has 0 aliphatic heterocycles. The van der Waals surface area contributed by atoms with E-state index in [1.165, 1.54) is 25.0 Å². The van der Waals surface area contributed by atoms with E-state index >= 15 is 0 Å². The smallest absolute Gasteiger partial charge is 0.238 e. The Balaban J connectivity index is 2.65. The Morgan fingerprint density at radius 3 is 2.56 bits per heavy atom. The Kier molecular flexibility index (Phi) is 5.43. The molecule has 0 saturated carbocycles. The zero-order valence-corrected chi connectivity index (χ0v) is 11.5. The normalized spacial score (nSPS) is 11.4. The molecule has 0 aromatic heterocycles. The lowest BCUT2D eigenvalue weighted by Crippen LogP contribution is -2.13. The largest absolute Gasteiger partial charge is 0.397 e. The van der Waals surface area contributed by atoms with Crippen molar-refractivity contribution in [3.63, 3.8) is 0 Å². The van der Waals surface area contributed by atoms with Crippen molar-refractivity contribution in [2.24, 2.45) is 5.14 Å². The Labute approximate surface area is 109 Å². The second-order valence-electron chi connectivity index (χ2n) is 4.28. The Hall–Kier alpha value is -1.27. The number of primary sulfonamides is 1. The summed E-state index contributed by atoms with van der Waals surface area (Å²) < 4.78 is 22.4. The van der Waals surface area contributed by atoms with E-state index in [-0.39, 0.29) is 4.90 Å². The first-order valence-corrected chi connectivity index (χ1v) is 7.66. The highest BCUT2D eigenvalue weighted by Crippen LogP contribution is 2.22. The van der Waals surface area contributed by atoms with Gasteiger partial charge in [0, 0.05) is 6.54 Å². The third-order valence-electron chi connectivity index (χ3n) is 2.70. The van der Waals surface area contributed by atoms with E-state index in [0.717, 1.165) is 19.4 Å². The van der Waals surface area contributed by atoms with Gasteiger partial charge in [-0.15, -0.1) is 0 Å². The van der Waals surface area contributed by atoms with Gasteiger partial charge in [-0.25, -0.2) is 13.6 Å². The maximum absolute atomic E-state index is 11.2. The molecular formula is C12H21N3O2S. The molecule has 0 saturated heterocycles. The van der Waals surface area contributed by atoms with E-state index in [9.17, 15) is 8.42 Å². The zero-order valence-electron chi connectivity index (χ0n) is 10.6. The Morgan fingerprint density at radius 2 is 1.94 bits per heavy atom. The highest BCUT2D eigenvalue weighted by molar-refractivity contribution is 7.89. The molecule has 0 bridgehead atoms. The van der Waals surface area contributed by atoms with Crippen LogP contribution < -0.4 is 16.2 Å². The van der Waals surface area contributed by atoms with Crippen LogP contribution in [0.15, 0.2) is 23.1 Å². The lowest BCUT2D eigenvalue weighted by molar-refractivity contribution is 0.598. The van der Waals surface area contributed by atoms with Gasteiger partial charge in [0.25, 0.3) is 0 Å². The van der Waals surface area contributed by atoms with E-state index in [4.69, 9.17) is 10.9 Å².